The Morgan fingerprint density at radius 2 is 1.35 bits per heavy atom. The SMILES string of the molecule is CCOCOc1c(OC(C)=O)cc(C(=O)O[C@@H]2Cc3c(OC(C)=O)cc(OC(C)=O)cc3O[C@@H]2c2ccccc2)cc1OC(C)=O. The van der Waals surface area contributed by atoms with E-state index in [1.165, 1.54) is 38.1 Å². The van der Waals surface area contributed by atoms with Crippen molar-refractivity contribution < 1.29 is 61.9 Å². The molecule has 242 valence electrons. The minimum Gasteiger partial charge on any atom is -0.481 e. The van der Waals surface area contributed by atoms with Gasteiger partial charge in [-0.15, -0.1) is 0 Å². The van der Waals surface area contributed by atoms with E-state index in [0.717, 1.165) is 13.8 Å². The summed E-state index contributed by atoms with van der Waals surface area (Å²) in [7, 11) is 0. The van der Waals surface area contributed by atoms with Crippen molar-refractivity contribution in [3.63, 3.8) is 0 Å². The summed E-state index contributed by atoms with van der Waals surface area (Å²) in [6.07, 6.45) is -1.82. The highest BCUT2D eigenvalue weighted by molar-refractivity contribution is 5.92. The number of esters is 5. The fourth-order valence-corrected chi connectivity index (χ4v) is 4.61. The van der Waals surface area contributed by atoms with Crippen molar-refractivity contribution in [1.29, 1.82) is 0 Å². The van der Waals surface area contributed by atoms with E-state index in [2.05, 4.69) is 0 Å². The van der Waals surface area contributed by atoms with Gasteiger partial charge in [0.1, 0.15) is 23.4 Å². The average Bonchev–Trinajstić information content (AvgIpc) is 2.97. The van der Waals surface area contributed by atoms with E-state index in [1.807, 2.05) is 0 Å². The van der Waals surface area contributed by atoms with Gasteiger partial charge < -0.3 is 37.9 Å². The molecular formula is C33H32O13. The smallest absolute Gasteiger partial charge is 0.338 e. The van der Waals surface area contributed by atoms with Gasteiger partial charge in [0.05, 0.1) is 5.56 Å². The van der Waals surface area contributed by atoms with E-state index >= 15 is 0 Å². The standard InChI is InChI=1S/C33H32O13/c1-6-39-17-40-32-28(43-20(4)36)12-23(13-29(32)44-21(5)37)33(38)46-30-16-25-26(42-19(3)35)14-24(41-18(2)34)15-27(25)45-31(30)22-10-8-7-9-11-22/h7-15,30-31H,6,16-17H2,1-5H3/t30-,31-/m1/s1. The van der Waals surface area contributed by atoms with E-state index < -0.39 is 42.1 Å². The van der Waals surface area contributed by atoms with Gasteiger partial charge in [0.25, 0.3) is 0 Å². The Kier molecular flexibility index (Phi) is 10.9. The van der Waals surface area contributed by atoms with Crippen LogP contribution in [0.5, 0.6) is 34.5 Å². The van der Waals surface area contributed by atoms with Crippen molar-refractivity contribution >= 4 is 29.8 Å². The molecule has 0 fully saturated rings. The Labute approximate surface area is 264 Å². The van der Waals surface area contributed by atoms with Crippen LogP contribution in [0, 0.1) is 0 Å². The lowest BCUT2D eigenvalue weighted by Gasteiger charge is -2.34. The number of rotatable bonds is 11. The van der Waals surface area contributed by atoms with Crippen molar-refractivity contribution in [2.45, 2.75) is 53.2 Å². The molecule has 0 saturated heterocycles. The van der Waals surface area contributed by atoms with E-state index in [-0.39, 0.29) is 53.3 Å². The van der Waals surface area contributed by atoms with Crippen LogP contribution in [0.3, 0.4) is 0 Å². The van der Waals surface area contributed by atoms with Gasteiger partial charge in [-0.3, -0.25) is 19.2 Å². The summed E-state index contributed by atoms with van der Waals surface area (Å²) in [6.45, 7) is 6.54. The second-order valence-electron chi connectivity index (χ2n) is 9.93. The fraction of sp³-hybridized carbons (Fsp3) is 0.303. The molecule has 0 amide bonds. The molecule has 13 heteroatoms. The first kappa shape index (κ1) is 33.5. The predicted molar refractivity (Wildman–Crippen MR) is 158 cm³/mol. The minimum absolute atomic E-state index is 0.0206. The predicted octanol–water partition coefficient (Wildman–Crippen LogP) is 4.66. The van der Waals surface area contributed by atoms with Gasteiger partial charge in [-0.2, -0.15) is 0 Å². The molecule has 0 aromatic heterocycles. The fourth-order valence-electron chi connectivity index (χ4n) is 4.61. The molecule has 2 atom stereocenters. The Balaban J connectivity index is 1.76. The number of fused-ring (bicyclic) bond motifs is 1. The van der Waals surface area contributed by atoms with Crippen molar-refractivity contribution in [1.82, 2.24) is 0 Å². The number of hydrogen-bond donors (Lipinski definition) is 0. The van der Waals surface area contributed by atoms with Crippen LogP contribution in [-0.2, 0) is 35.1 Å². The third-order valence-electron chi connectivity index (χ3n) is 6.29. The molecule has 13 nitrogen and oxygen atoms in total. The molecule has 0 saturated carbocycles. The highest BCUT2D eigenvalue weighted by Crippen LogP contribution is 2.45. The summed E-state index contributed by atoms with van der Waals surface area (Å²) in [4.78, 5) is 61.2. The van der Waals surface area contributed by atoms with Crippen molar-refractivity contribution in [2.75, 3.05) is 13.4 Å². The van der Waals surface area contributed by atoms with Crippen molar-refractivity contribution in [3.8, 4) is 34.5 Å². The molecule has 0 unspecified atom stereocenters. The number of carbonyl (C=O) groups is 5. The van der Waals surface area contributed by atoms with Gasteiger partial charge in [0.2, 0.25) is 5.75 Å². The van der Waals surface area contributed by atoms with Gasteiger partial charge in [-0.05, 0) is 24.6 Å². The summed E-state index contributed by atoms with van der Waals surface area (Å²) in [5, 5.41) is 0. The summed E-state index contributed by atoms with van der Waals surface area (Å²) >= 11 is 0. The molecule has 0 aliphatic carbocycles. The summed E-state index contributed by atoms with van der Waals surface area (Å²) in [6, 6.07) is 14.2. The molecule has 0 spiro atoms. The second-order valence-corrected chi connectivity index (χ2v) is 9.93. The van der Waals surface area contributed by atoms with E-state index in [0.29, 0.717) is 17.7 Å². The molecule has 4 rings (SSSR count). The van der Waals surface area contributed by atoms with Crippen LogP contribution >= 0.6 is 0 Å². The Morgan fingerprint density at radius 1 is 0.761 bits per heavy atom. The number of hydrogen-bond acceptors (Lipinski definition) is 13. The van der Waals surface area contributed by atoms with Gasteiger partial charge in [-0.25, -0.2) is 4.79 Å². The highest BCUT2D eigenvalue weighted by Gasteiger charge is 2.37. The molecule has 0 N–H and O–H groups in total. The lowest BCUT2D eigenvalue weighted by molar-refractivity contribution is -0.133. The largest absolute Gasteiger partial charge is 0.481 e. The monoisotopic (exact) mass is 636 g/mol. The van der Waals surface area contributed by atoms with Crippen LogP contribution in [-0.4, -0.2) is 49.4 Å². The Hall–Kier alpha value is -5.43. The first-order chi connectivity index (χ1) is 21.9. The normalized spacial score (nSPS) is 15.0. The van der Waals surface area contributed by atoms with E-state index in [4.69, 9.17) is 37.9 Å². The zero-order valence-corrected chi connectivity index (χ0v) is 25.8. The van der Waals surface area contributed by atoms with Crippen molar-refractivity contribution in [2.24, 2.45) is 0 Å². The minimum atomic E-state index is -0.987. The highest BCUT2D eigenvalue weighted by atomic mass is 16.7. The topological polar surface area (TPSA) is 159 Å². The lowest BCUT2D eigenvalue weighted by Crippen LogP contribution is -2.35. The van der Waals surface area contributed by atoms with E-state index in [1.54, 1.807) is 37.3 Å². The van der Waals surface area contributed by atoms with Crippen LogP contribution in [0.4, 0.5) is 0 Å². The summed E-state index contributed by atoms with van der Waals surface area (Å²) < 4.78 is 44.2. The molecule has 46 heavy (non-hydrogen) atoms. The maximum Gasteiger partial charge on any atom is 0.338 e. The number of benzene rings is 3. The van der Waals surface area contributed by atoms with Gasteiger partial charge in [-0.1, -0.05) is 30.3 Å². The van der Waals surface area contributed by atoms with Crippen LogP contribution < -0.4 is 28.4 Å². The first-order valence-corrected chi connectivity index (χ1v) is 14.2. The van der Waals surface area contributed by atoms with E-state index in [9.17, 15) is 24.0 Å². The van der Waals surface area contributed by atoms with Crippen molar-refractivity contribution in [3.05, 3.63) is 71.3 Å². The zero-order chi connectivity index (χ0) is 33.4. The lowest BCUT2D eigenvalue weighted by atomic mass is 9.93. The molecule has 1 aliphatic rings. The second kappa shape index (κ2) is 15.0. The van der Waals surface area contributed by atoms with Gasteiger partial charge in [0.15, 0.2) is 24.4 Å². The zero-order valence-electron chi connectivity index (χ0n) is 25.8. The first-order valence-electron chi connectivity index (χ1n) is 14.2. The number of ether oxygens (including phenoxy) is 8. The van der Waals surface area contributed by atoms with Crippen LogP contribution in [0.2, 0.25) is 0 Å². The molecule has 0 bridgehead atoms. The third-order valence-corrected chi connectivity index (χ3v) is 6.29. The number of carbonyl (C=O) groups excluding carboxylic acids is 5. The Morgan fingerprint density at radius 3 is 1.91 bits per heavy atom. The molecular weight excluding hydrogens is 604 g/mol. The molecule has 1 heterocycles. The summed E-state index contributed by atoms with van der Waals surface area (Å²) in [5.41, 5.74) is 0.898. The summed E-state index contributed by atoms with van der Waals surface area (Å²) in [5.74, 6) is -3.73. The van der Waals surface area contributed by atoms with Gasteiger partial charge in [0, 0.05) is 58.4 Å². The van der Waals surface area contributed by atoms with Crippen LogP contribution in [0.1, 0.15) is 62.2 Å². The Bertz CT molecular complexity index is 1590. The average molecular weight is 637 g/mol. The molecule has 3 aromatic carbocycles. The molecule has 3 aromatic rings. The molecule has 0 radical (unpaired) electrons. The van der Waals surface area contributed by atoms with Gasteiger partial charge >= 0.3 is 29.8 Å². The maximum atomic E-state index is 13.7. The van der Waals surface area contributed by atoms with Crippen LogP contribution in [0.25, 0.3) is 0 Å². The van der Waals surface area contributed by atoms with Crippen LogP contribution in [0.15, 0.2) is 54.6 Å². The maximum absolute atomic E-state index is 13.7. The third kappa shape index (κ3) is 8.60. The molecule has 1 aliphatic heterocycles. The quantitative estimate of drug-likeness (QED) is 0.124.